The first kappa shape index (κ1) is 12.4. The van der Waals surface area contributed by atoms with Gasteiger partial charge in [-0.3, -0.25) is 5.32 Å². The van der Waals surface area contributed by atoms with E-state index in [4.69, 9.17) is 0 Å². The zero-order valence-corrected chi connectivity index (χ0v) is 11.3. The van der Waals surface area contributed by atoms with Crippen molar-refractivity contribution in [1.82, 2.24) is 20.1 Å². The quantitative estimate of drug-likeness (QED) is 0.879. The molecule has 0 unspecified atom stereocenters. The van der Waals surface area contributed by atoms with Crippen molar-refractivity contribution in [3.63, 3.8) is 0 Å². The van der Waals surface area contributed by atoms with Crippen molar-refractivity contribution < 1.29 is 4.79 Å². The third-order valence-corrected chi connectivity index (χ3v) is 4.11. The van der Waals surface area contributed by atoms with E-state index in [0.717, 1.165) is 19.3 Å². The summed E-state index contributed by atoms with van der Waals surface area (Å²) in [6.07, 6.45) is 8.95. The fourth-order valence-electron chi connectivity index (χ4n) is 2.68. The first-order chi connectivity index (χ1) is 9.22. The maximum atomic E-state index is 11.7. The molecule has 2 amide bonds. The summed E-state index contributed by atoms with van der Waals surface area (Å²) in [6, 6.07) is 0.569. The summed E-state index contributed by atoms with van der Waals surface area (Å²) in [6.45, 7) is 2.13. The summed E-state index contributed by atoms with van der Waals surface area (Å²) in [5.74, 6) is 0.995. The van der Waals surface area contributed by atoms with Gasteiger partial charge in [-0.2, -0.15) is 0 Å². The summed E-state index contributed by atoms with van der Waals surface area (Å²) in [7, 11) is 0. The van der Waals surface area contributed by atoms with Crippen LogP contribution in [0.4, 0.5) is 10.7 Å². The van der Waals surface area contributed by atoms with Crippen LogP contribution in [0.1, 0.15) is 51.5 Å². The molecule has 2 aliphatic rings. The lowest BCUT2D eigenvalue weighted by atomic mass is 9.96. The monoisotopic (exact) mass is 263 g/mol. The summed E-state index contributed by atoms with van der Waals surface area (Å²) < 4.78 is 1.90. The molecular formula is C13H21N5O. The molecule has 2 N–H and O–H groups in total. The molecule has 2 saturated carbocycles. The number of hydrogen-bond donors (Lipinski definition) is 2. The average Bonchev–Trinajstić information content (AvgIpc) is 2.91. The highest BCUT2D eigenvalue weighted by Crippen LogP contribution is 2.29. The minimum absolute atomic E-state index is 0.198. The Kier molecular flexibility index (Phi) is 3.40. The molecule has 1 aromatic rings. The van der Waals surface area contributed by atoms with E-state index in [9.17, 15) is 4.79 Å². The molecule has 19 heavy (non-hydrogen) atoms. The predicted molar refractivity (Wildman–Crippen MR) is 71.9 cm³/mol. The van der Waals surface area contributed by atoms with Crippen molar-refractivity contribution >= 4 is 12.0 Å². The van der Waals surface area contributed by atoms with Crippen molar-refractivity contribution in [2.75, 3.05) is 5.32 Å². The molecule has 104 valence electrons. The van der Waals surface area contributed by atoms with Gasteiger partial charge in [0.05, 0.1) is 6.04 Å². The number of nitrogens with one attached hydrogen (secondary N) is 2. The van der Waals surface area contributed by atoms with E-state index in [1.165, 1.54) is 19.3 Å². The van der Waals surface area contributed by atoms with Crippen molar-refractivity contribution in [2.45, 2.75) is 57.5 Å². The van der Waals surface area contributed by atoms with Crippen LogP contribution in [0.3, 0.4) is 0 Å². The number of carbonyl (C=O) groups is 1. The second kappa shape index (κ2) is 5.19. The van der Waals surface area contributed by atoms with Gasteiger partial charge in [0.2, 0.25) is 5.95 Å². The first-order valence-electron chi connectivity index (χ1n) is 7.21. The van der Waals surface area contributed by atoms with Crippen LogP contribution in [0.15, 0.2) is 6.33 Å². The van der Waals surface area contributed by atoms with Crippen LogP contribution in [0.25, 0.3) is 0 Å². The molecule has 0 saturated heterocycles. The lowest BCUT2D eigenvalue weighted by Gasteiger charge is -2.21. The number of carbonyl (C=O) groups excluding carboxylic acids is 1. The van der Waals surface area contributed by atoms with Gasteiger partial charge in [-0.15, -0.1) is 5.10 Å². The van der Waals surface area contributed by atoms with Crippen molar-refractivity contribution in [1.29, 1.82) is 0 Å². The van der Waals surface area contributed by atoms with Crippen LogP contribution in [0, 0.1) is 5.92 Å². The Labute approximate surface area is 113 Å². The fraction of sp³-hybridized carbons (Fsp3) is 0.769. The van der Waals surface area contributed by atoms with Crippen molar-refractivity contribution in [3.8, 4) is 0 Å². The van der Waals surface area contributed by atoms with Crippen LogP contribution >= 0.6 is 0 Å². The highest BCUT2D eigenvalue weighted by atomic mass is 16.2. The third kappa shape index (κ3) is 3.05. The Morgan fingerprint density at radius 1 is 1.37 bits per heavy atom. The van der Waals surface area contributed by atoms with Gasteiger partial charge in [0.25, 0.3) is 0 Å². The topological polar surface area (TPSA) is 71.8 Å². The molecule has 0 spiro atoms. The second-order valence-electron chi connectivity index (χ2n) is 5.76. The Hall–Kier alpha value is -1.59. The minimum Gasteiger partial charge on any atom is -0.335 e. The lowest BCUT2D eigenvalue weighted by molar-refractivity contribution is 0.251. The summed E-state index contributed by atoms with van der Waals surface area (Å²) in [5, 5.41) is 9.96. The molecular weight excluding hydrogens is 242 g/mol. The number of urea groups is 1. The Balaban J connectivity index is 1.53. The number of hydrogen-bond acceptors (Lipinski definition) is 3. The van der Waals surface area contributed by atoms with E-state index in [1.807, 2.05) is 4.68 Å². The minimum atomic E-state index is -0.198. The predicted octanol–water partition coefficient (Wildman–Crippen LogP) is 2.31. The van der Waals surface area contributed by atoms with E-state index in [2.05, 4.69) is 27.6 Å². The Bertz CT molecular complexity index is 452. The molecule has 2 fully saturated rings. The van der Waals surface area contributed by atoms with Crippen LogP contribution < -0.4 is 10.6 Å². The van der Waals surface area contributed by atoms with E-state index in [1.54, 1.807) is 6.33 Å². The molecule has 0 radical (unpaired) electrons. The van der Waals surface area contributed by atoms with E-state index < -0.39 is 0 Å². The summed E-state index contributed by atoms with van der Waals surface area (Å²) >= 11 is 0. The maximum absolute atomic E-state index is 11.7. The highest BCUT2D eigenvalue weighted by molar-refractivity contribution is 5.87. The lowest BCUT2D eigenvalue weighted by Crippen LogP contribution is -2.31. The van der Waals surface area contributed by atoms with Crippen molar-refractivity contribution in [2.24, 2.45) is 5.92 Å². The zero-order chi connectivity index (χ0) is 13.2. The van der Waals surface area contributed by atoms with Gasteiger partial charge < -0.3 is 5.32 Å². The second-order valence-corrected chi connectivity index (χ2v) is 5.76. The molecule has 6 heteroatoms. The van der Waals surface area contributed by atoms with Crippen LogP contribution in [0.5, 0.6) is 0 Å². The molecule has 2 atom stereocenters. The van der Waals surface area contributed by atoms with Gasteiger partial charge in [0.1, 0.15) is 6.33 Å². The standard InChI is InChI=1S/C13H21N5O/c1-9-7-11(9)15-13(19)16-12-14-8-18(17-12)10-5-3-2-4-6-10/h8-11H,2-7H2,1H3,(H2,15,16,17,19)/t9-,11-/m0/s1. The fourth-order valence-corrected chi connectivity index (χ4v) is 2.68. The number of nitrogens with zero attached hydrogens (tertiary/aromatic N) is 3. The Morgan fingerprint density at radius 2 is 2.11 bits per heavy atom. The molecule has 3 rings (SSSR count). The molecule has 1 aromatic heterocycles. The smallest absolute Gasteiger partial charge is 0.321 e. The maximum Gasteiger partial charge on any atom is 0.321 e. The third-order valence-electron chi connectivity index (χ3n) is 4.11. The van der Waals surface area contributed by atoms with Gasteiger partial charge in [-0.05, 0) is 25.2 Å². The molecule has 1 heterocycles. The zero-order valence-electron chi connectivity index (χ0n) is 11.3. The normalized spacial score (nSPS) is 27.0. The first-order valence-corrected chi connectivity index (χ1v) is 7.21. The van der Waals surface area contributed by atoms with Gasteiger partial charge in [0, 0.05) is 6.04 Å². The SMILES string of the molecule is C[C@H]1C[C@@H]1NC(=O)Nc1ncn(C2CCCCC2)n1. The molecule has 2 aliphatic carbocycles. The number of anilines is 1. The van der Waals surface area contributed by atoms with E-state index in [-0.39, 0.29) is 6.03 Å². The molecule has 0 bridgehead atoms. The molecule has 0 aromatic carbocycles. The van der Waals surface area contributed by atoms with E-state index in [0.29, 0.717) is 23.9 Å². The van der Waals surface area contributed by atoms with Crippen molar-refractivity contribution in [3.05, 3.63) is 6.33 Å². The molecule has 0 aliphatic heterocycles. The van der Waals surface area contributed by atoms with Crippen LogP contribution in [-0.4, -0.2) is 26.8 Å². The average molecular weight is 263 g/mol. The van der Waals surface area contributed by atoms with Gasteiger partial charge >= 0.3 is 6.03 Å². The van der Waals surface area contributed by atoms with Gasteiger partial charge in [-0.1, -0.05) is 26.2 Å². The van der Waals surface area contributed by atoms with Gasteiger partial charge in [0.15, 0.2) is 0 Å². The van der Waals surface area contributed by atoms with Gasteiger partial charge in [-0.25, -0.2) is 14.5 Å². The largest absolute Gasteiger partial charge is 0.335 e. The number of aromatic nitrogens is 3. The molecule has 6 nitrogen and oxygen atoms in total. The highest BCUT2D eigenvalue weighted by Gasteiger charge is 2.34. The van der Waals surface area contributed by atoms with Crippen LogP contribution in [0.2, 0.25) is 0 Å². The summed E-state index contributed by atoms with van der Waals surface area (Å²) in [5.41, 5.74) is 0. The Morgan fingerprint density at radius 3 is 2.79 bits per heavy atom. The van der Waals surface area contributed by atoms with E-state index >= 15 is 0 Å². The van der Waals surface area contributed by atoms with Crippen LogP contribution in [-0.2, 0) is 0 Å². The number of amides is 2. The summed E-state index contributed by atoms with van der Waals surface area (Å²) in [4.78, 5) is 15.8. The number of rotatable bonds is 3.